The van der Waals surface area contributed by atoms with Crippen LogP contribution in [0.1, 0.15) is 6.42 Å². The number of alkyl halides is 1. The smallest absolute Gasteiger partial charge is 0.115 e. The molecule has 0 aromatic heterocycles. The maximum Gasteiger partial charge on any atom is 0.115 e. The molecule has 9 heavy (non-hydrogen) atoms. The predicted octanol–water partition coefficient (Wildman–Crippen LogP) is 0.333. The van der Waals surface area contributed by atoms with E-state index in [1.54, 1.807) is 7.11 Å². The first-order valence-corrected chi connectivity index (χ1v) is 3.20. The van der Waals surface area contributed by atoms with Crippen molar-refractivity contribution in [3.63, 3.8) is 0 Å². The van der Waals surface area contributed by atoms with Gasteiger partial charge < -0.3 is 10.1 Å². The van der Waals surface area contributed by atoms with Crippen LogP contribution in [-0.2, 0) is 4.74 Å². The van der Waals surface area contributed by atoms with Gasteiger partial charge in [0.25, 0.3) is 0 Å². The van der Waals surface area contributed by atoms with E-state index in [0.717, 1.165) is 6.54 Å². The normalized spacial score (nSPS) is 36.7. The van der Waals surface area contributed by atoms with Crippen LogP contribution >= 0.6 is 0 Å². The van der Waals surface area contributed by atoms with E-state index in [1.165, 1.54) is 0 Å². The summed E-state index contributed by atoms with van der Waals surface area (Å²) in [4.78, 5) is 0. The van der Waals surface area contributed by atoms with E-state index in [1.807, 2.05) is 0 Å². The SMILES string of the molecule is CO[C@H]1CNC[C@H](F)C1. The van der Waals surface area contributed by atoms with E-state index >= 15 is 0 Å². The Labute approximate surface area is 54.4 Å². The zero-order valence-corrected chi connectivity index (χ0v) is 5.56. The van der Waals surface area contributed by atoms with E-state index in [4.69, 9.17) is 4.74 Å². The molecule has 1 heterocycles. The number of hydrogen-bond donors (Lipinski definition) is 1. The van der Waals surface area contributed by atoms with Crippen molar-refractivity contribution in [3.05, 3.63) is 0 Å². The van der Waals surface area contributed by atoms with E-state index in [0.29, 0.717) is 13.0 Å². The number of methoxy groups -OCH3 is 1. The van der Waals surface area contributed by atoms with Gasteiger partial charge in [0.2, 0.25) is 0 Å². The van der Waals surface area contributed by atoms with Crippen LogP contribution in [0.4, 0.5) is 4.39 Å². The number of nitrogens with one attached hydrogen (secondary N) is 1. The number of rotatable bonds is 1. The van der Waals surface area contributed by atoms with Crippen LogP contribution in [0, 0.1) is 0 Å². The molecule has 1 N–H and O–H groups in total. The third-order valence-electron chi connectivity index (χ3n) is 1.59. The highest BCUT2D eigenvalue weighted by Crippen LogP contribution is 2.08. The van der Waals surface area contributed by atoms with Crippen LogP contribution in [-0.4, -0.2) is 32.5 Å². The Hall–Kier alpha value is -0.150. The lowest BCUT2D eigenvalue weighted by molar-refractivity contribution is 0.0514. The molecule has 3 heteroatoms. The van der Waals surface area contributed by atoms with Crippen molar-refractivity contribution in [2.75, 3.05) is 20.2 Å². The molecule has 0 radical (unpaired) electrons. The number of piperidine rings is 1. The van der Waals surface area contributed by atoms with Gasteiger partial charge in [-0.2, -0.15) is 0 Å². The molecule has 0 unspecified atom stereocenters. The van der Waals surface area contributed by atoms with Crippen molar-refractivity contribution < 1.29 is 9.13 Å². The summed E-state index contributed by atoms with van der Waals surface area (Å²) in [5.74, 6) is 0. The van der Waals surface area contributed by atoms with Gasteiger partial charge in [-0.25, -0.2) is 4.39 Å². The van der Waals surface area contributed by atoms with E-state index in [-0.39, 0.29) is 6.10 Å². The second-order valence-electron chi connectivity index (χ2n) is 2.35. The maximum absolute atomic E-state index is 12.5. The lowest BCUT2D eigenvalue weighted by atomic mass is 10.1. The molecule has 1 aliphatic heterocycles. The topological polar surface area (TPSA) is 21.3 Å². The Bertz CT molecular complexity index is 89.1. The fourth-order valence-electron chi connectivity index (χ4n) is 1.03. The fraction of sp³-hybridized carbons (Fsp3) is 1.00. The second-order valence-corrected chi connectivity index (χ2v) is 2.35. The molecule has 1 fully saturated rings. The van der Waals surface area contributed by atoms with Gasteiger partial charge in [-0.05, 0) is 0 Å². The van der Waals surface area contributed by atoms with Gasteiger partial charge in [0.1, 0.15) is 6.17 Å². The van der Waals surface area contributed by atoms with Crippen molar-refractivity contribution in [3.8, 4) is 0 Å². The largest absolute Gasteiger partial charge is 0.380 e. The van der Waals surface area contributed by atoms with E-state index in [9.17, 15) is 4.39 Å². The molecule has 2 atom stereocenters. The molecule has 0 aromatic rings. The highest BCUT2D eigenvalue weighted by Gasteiger charge is 2.19. The monoisotopic (exact) mass is 133 g/mol. The van der Waals surface area contributed by atoms with Gasteiger partial charge in [0, 0.05) is 26.6 Å². The molecule has 0 aliphatic carbocycles. The third-order valence-corrected chi connectivity index (χ3v) is 1.59. The Kier molecular flexibility index (Phi) is 2.42. The summed E-state index contributed by atoms with van der Waals surface area (Å²) in [5.41, 5.74) is 0. The summed E-state index contributed by atoms with van der Waals surface area (Å²) in [6, 6.07) is 0. The minimum atomic E-state index is -0.719. The molecule has 0 amide bonds. The fourth-order valence-corrected chi connectivity index (χ4v) is 1.03. The van der Waals surface area contributed by atoms with Crippen LogP contribution in [0.25, 0.3) is 0 Å². The summed E-state index contributed by atoms with van der Waals surface area (Å²) in [5, 5.41) is 2.94. The first kappa shape index (κ1) is 6.96. The predicted molar refractivity (Wildman–Crippen MR) is 33.2 cm³/mol. The Morgan fingerprint density at radius 3 is 2.78 bits per heavy atom. The molecular formula is C6H12FNO. The molecule has 2 nitrogen and oxygen atoms in total. The van der Waals surface area contributed by atoms with Gasteiger partial charge in [-0.15, -0.1) is 0 Å². The molecule has 0 bridgehead atoms. The number of ether oxygens (including phenoxy) is 1. The minimum absolute atomic E-state index is 0.0775. The summed E-state index contributed by atoms with van der Waals surface area (Å²) in [6.07, 6.45) is -0.0961. The number of hydrogen-bond acceptors (Lipinski definition) is 2. The molecule has 0 saturated carbocycles. The molecule has 1 saturated heterocycles. The third kappa shape index (κ3) is 1.91. The van der Waals surface area contributed by atoms with Crippen LogP contribution in [0.2, 0.25) is 0 Å². The average Bonchev–Trinajstić information content (AvgIpc) is 1.88. The van der Waals surface area contributed by atoms with Gasteiger partial charge in [0.15, 0.2) is 0 Å². The minimum Gasteiger partial charge on any atom is -0.380 e. The molecule has 1 aliphatic rings. The maximum atomic E-state index is 12.5. The standard InChI is InChI=1S/C6H12FNO/c1-9-6-2-5(7)3-8-4-6/h5-6,8H,2-4H2,1H3/t5-,6-/m1/s1. The van der Waals surface area contributed by atoms with Crippen LogP contribution in [0.3, 0.4) is 0 Å². The first-order chi connectivity index (χ1) is 4.33. The summed E-state index contributed by atoms with van der Waals surface area (Å²) < 4.78 is 17.4. The zero-order chi connectivity index (χ0) is 6.69. The summed E-state index contributed by atoms with van der Waals surface area (Å²) >= 11 is 0. The summed E-state index contributed by atoms with van der Waals surface area (Å²) in [6.45, 7) is 1.27. The van der Waals surface area contributed by atoms with Gasteiger partial charge in [0.05, 0.1) is 6.10 Å². The van der Waals surface area contributed by atoms with E-state index in [2.05, 4.69) is 5.32 Å². The van der Waals surface area contributed by atoms with Crippen molar-refractivity contribution >= 4 is 0 Å². The van der Waals surface area contributed by atoms with Crippen LogP contribution in [0.15, 0.2) is 0 Å². The van der Waals surface area contributed by atoms with Crippen LogP contribution < -0.4 is 5.32 Å². The Morgan fingerprint density at radius 1 is 1.56 bits per heavy atom. The summed E-state index contributed by atoms with van der Waals surface area (Å²) in [7, 11) is 1.62. The second kappa shape index (κ2) is 3.13. The Balaban J connectivity index is 2.23. The Morgan fingerprint density at radius 2 is 2.33 bits per heavy atom. The molecular weight excluding hydrogens is 121 g/mol. The quantitative estimate of drug-likeness (QED) is 0.556. The van der Waals surface area contributed by atoms with Crippen LogP contribution in [0.5, 0.6) is 0 Å². The van der Waals surface area contributed by atoms with Crippen molar-refractivity contribution in [1.29, 1.82) is 0 Å². The molecule has 0 aromatic carbocycles. The molecule has 0 spiro atoms. The van der Waals surface area contributed by atoms with Crippen molar-refractivity contribution in [2.24, 2.45) is 0 Å². The highest BCUT2D eigenvalue weighted by atomic mass is 19.1. The molecule has 54 valence electrons. The van der Waals surface area contributed by atoms with Crippen molar-refractivity contribution in [1.82, 2.24) is 5.32 Å². The lowest BCUT2D eigenvalue weighted by Gasteiger charge is -2.23. The zero-order valence-electron chi connectivity index (χ0n) is 5.56. The van der Waals surface area contributed by atoms with Gasteiger partial charge in [-0.1, -0.05) is 0 Å². The van der Waals surface area contributed by atoms with E-state index < -0.39 is 6.17 Å². The van der Waals surface area contributed by atoms with Gasteiger partial charge >= 0.3 is 0 Å². The lowest BCUT2D eigenvalue weighted by Crippen LogP contribution is -2.41. The average molecular weight is 133 g/mol. The first-order valence-electron chi connectivity index (χ1n) is 3.20. The van der Waals surface area contributed by atoms with Gasteiger partial charge in [-0.3, -0.25) is 0 Å². The highest BCUT2D eigenvalue weighted by molar-refractivity contribution is 4.75. The van der Waals surface area contributed by atoms with Crippen molar-refractivity contribution in [2.45, 2.75) is 18.7 Å². The number of halogens is 1. The molecule has 1 rings (SSSR count).